The lowest BCUT2D eigenvalue weighted by molar-refractivity contribution is -0.122. The number of benzene rings is 1. The van der Waals surface area contributed by atoms with Crippen LogP contribution >= 0.6 is 0 Å². The Morgan fingerprint density at radius 2 is 1.81 bits per heavy atom. The van der Waals surface area contributed by atoms with Gasteiger partial charge in [0.15, 0.2) is 0 Å². The molecule has 1 atom stereocenters. The summed E-state index contributed by atoms with van der Waals surface area (Å²) in [7, 11) is 0. The third-order valence-electron chi connectivity index (χ3n) is 2.57. The van der Waals surface area contributed by atoms with Gasteiger partial charge < -0.3 is 21.1 Å². The van der Waals surface area contributed by atoms with E-state index in [2.05, 4.69) is 10.6 Å². The van der Waals surface area contributed by atoms with Crippen molar-refractivity contribution in [3.05, 3.63) is 29.8 Å². The molecule has 1 rings (SSSR count). The van der Waals surface area contributed by atoms with Gasteiger partial charge in [0.05, 0.1) is 0 Å². The molecule has 0 unspecified atom stereocenters. The summed E-state index contributed by atoms with van der Waals surface area (Å²) in [5.41, 5.74) is 6.60. The quantitative estimate of drug-likeness (QED) is 0.738. The van der Waals surface area contributed by atoms with Crippen LogP contribution < -0.4 is 16.4 Å². The van der Waals surface area contributed by atoms with Crippen LogP contribution in [0.25, 0.3) is 0 Å². The van der Waals surface area contributed by atoms with Gasteiger partial charge in [-0.2, -0.15) is 0 Å². The van der Waals surface area contributed by atoms with Crippen LogP contribution in [0.1, 0.15) is 33.3 Å². The number of hydrogen-bond donors (Lipinski definition) is 3. The lowest BCUT2D eigenvalue weighted by Crippen LogP contribution is -2.46. The number of ether oxygens (including phenoxy) is 1. The molecule has 0 aliphatic rings. The summed E-state index contributed by atoms with van der Waals surface area (Å²) in [6.07, 6.45) is -0.613. The highest BCUT2D eigenvalue weighted by molar-refractivity contribution is 5.85. The highest BCUT2D eigenvalue weighted by Crippen LogP contribution is 2.07. The van der Waals surface area contributed by atoms with Gasteiger partial charge in [-0.3, -0.25) is 4.79 Å². The molecule has 6 heteroatoms. The van der Waals surface area contributed by atoms with Crippen LogP contribution in [-0.4, -0.2) is 23.6 Å². The second-order valence-electron chi connectivity index (χ2n) is 5.83. The highest BCUT2D eigenvalue weighted by atomic mass is 16.6. The van der Waals surface area contributed by atoms with Gasteiger partial charge in [-0.1, -0.05) is 12.1 Å². The van der Waals surface area contributed by atoms with E-state index < -0.39 is 17.7 Å². The molecule has 0 saturated carbocycles. The zero-order valence-electron chi connectivity index (χ0n) is 12.9. The Hall–Kier alpha value is -2.24. The van der Waals surface area contributed by atoms with E-state index in [1.54, 1.807) is 39.8 Å². The van der Waals surface area contributed by atoms with Crippen LogP contribution in [0, 0.1) is 0 Å². The fraction of sp³-hybridized carbons (Fsp3) is 0.467. The normalized spacial score (nSPS) is 12.4. The fourth-order valence-corrected chi connectivity index (χ4v) is 1.53. The molecule has 6 nitrogen and oxygen atoms in total. The molecule has 2 amide bonds. The number of nitrogens with two attached hydrogens (primary N) is 1. The molecular weight excluding hydrogens is 270 g/mol. The van der Waals surface area contributed by atoms with Crippen LogP contribution in [0.5, 0.6) is 0 Å². The van der Waals surface area contributed by atoms with Crippen molar-refractivity contribution in [1.82, 2.24) is 10.6 Å². The molecule has 0 heterocycles. The summed E-state index contributed by atoms with van der Waals surface area (Å²) in [5.74, 6) is -0.280. The average molecular weight is 293 g/mol. The van der Waals surface area contributed by atoms with Crippen molar-refractivity contribution >= 4 is 17.7 Å². The number of rotatable bonds is 4. The van der Waals surface area contributed by atoms with E-state index in [-0.39, 0.29) is 5.91 Å². The number of anilines is 1. The number of nitrogen functional groups attached to an aromatic ring is 1. The van der Waals surface area contributed by atoms with E-state index in [0.717, 1.165) is 5.56 Å². The summed E-state index contributed by atoms with van der Waals surface area (Å²) < 4.78 is 5.09. The van der Waals surface area contributed by atoms with E-state index in [1.807, 2.05) is 12.1 Å². The Bertz CT molecular complexity index is 492. The molecule has 1 aromatic carbocycles. The third-order valence-corrected chi connectivity index (χ3v) is 2.57. The molecule has 116 valence electrons. The van der Waals surface area contributed by atoms with Crippen molar-refractivity contribution in [3.63, 3.8) is 0 Å². The predicted octanol–water partition coefficient (Wildman–Crippen LogP) is 1.80. The van der Waals surface area contributed by atoms with Gasteiger partial charge in [0.2, 0.25) is 5.91 Å². The van der Waals surface area contributed by atoms with Gasteiger partial charge in [-0.25, -0.2) is 4.79 Å². The summed E-state index contributed by atoms with van der Waals surface area (Å²) in [5, 5.41) is 5.22. The standard InChI is InChI=1S/C15H23N3O3/c1-10(18-14(20)21-15(2,3)4)13(19)17-9-11-5-7-12(16)8-6-11/h5-8,10H,9,16H2,1-4H3,(H,17,19)(H,18,20)/t10-/m0/s1. The Labute approximate surface area is 125 Å². The maximum Gasteiger partial charge on any atom is 0.408 e. The smallest absolute Gasteiger partial charge is 0.408 e. The Kier molecular flexibility index (Phi) is 5.58. The number of nitrogens with one attached hydrogen (secondary N) is 2. The summed E-state index contributed by atoms with van der Waals surface area (Å²) in [6.45, 7) is 7.26. The van der Waals surface area contributed by atoms with E-state index in [4.69, 9.17) is 10.5 Å². The van der Waals surface area contributed by atoms with Gasteiger partial charge in [-0.15, -0.1) is 0 Å². The Balaban J connectivity index is 2.40. The maximum absolute atomic E-state index is 11.9. The molecule has 4 N–H and O–H groups in total. The Morgan fingerprint density at radius 1 is 1.24 bits per heavy atom. The molecule has 0 bridgehead atoms. The Morgan fingerprint density at radius 3 is 2.33 bits per heavy atom. The molecule has 0 saturated heterocycles. The van der Waals surface area contributed by atoms with E-state index in [1.165, 1.54) is 0 Å². The van der Waals surface area contributed by atoms with Crippen LogP contribution in [0.2, 0.25) is 0 Å². The lowest BCUT2D eigenvalue weighted by Gasteiger charge is -2.21. The topological polar surface area (TPSA) is 93.4 Å². The summed E-state index contributed by atoms with van der Waals surface area (Å²) in [4.78, 5) is 23.4. The first-order valence-electron chi connectivity index (χ1n) is 6.79. The van der Waals surface area contributed by atoms with Crippen molar-refractivity contribution in [2.24, 2.45) is 0 Å². The fourth-order valence-electron chi connectivity index (χ4n) is 1.53. The summed E-state index contributed by atoms with van der Waals surface area (Å²) >= 11 is 0. The first-order chi connectivity index (χ1) is 9.67. The minimum absolute atomic E-state index is 0.280. The maximum atomic E-state index is 11.9. The molecule has 0 radical (unpaired) electrons. The van der Waals surface area contributed by atoms with E-state index in [0.29, 0.717) is 12.2 Å². The SMILES string of the molecule is C[C@H](NC(=O)OC(C)(C)C)C(=O)NCc1ccc(N)cc1. The zero-order chi connectivity index (χ0) is 16.0. The number of alkyl carbamates (subject to hydrolysis) is 1. The van der Waals surface area contributed by atoms with Gasteiger partial charge in [0.1, 0.15) is 11.6 Å². The van der Waals surface area contributed by atoms with E-state index in [9.17, 15) is 9.59 Å². The minimum Gasteiger partial charge on any atom is -0.444 e. The van der Waals surface area contributed by atoms with Crippen molar-refractivity contribution in [1.29, 1.82) is 0 Å². The van der Waals surface area contributed by atoms with Crippen molar-refractivity contribution in [2.45, 2.75) is 45.9 Å². The largest absolute Gasteiger partial charge is 0.444 e. The first-order valence-corrected chi connectivity index (χ1v) is 6.79. The summed E-state index contributed by atoms with van der Waals surface area (Å²) in [6, 6.07) is 6.53. The minimum atomic E-state index is -0.673. The van der Waals surface area contributed by atoms with Crippen molar-refractivity contribution < 1.29 is 14.3 Å². The monoisotopic (exact) mass is 293 g/mol. The molecule has 21 heavy (non-hydrogen) atoms. The van der Waals surface area contributed by atoms with Crippen LogP contribution in [0.15, 0.2) is 24.3 Å². The van der Waals surface area contributed by atoms with Crippen molar-refractivity contribution in [3.8, 4) is 0 Å². The van der Waals surface area contributed by atoms with Gasteiger partial charge >= 0.3 is 6.09 Å². The highest BCUT2D eigenvalue weighted by Gasteiger charge is 2.20. The van der Waals surface area contributed by atoms with Crippen LogP contribution in [0.4, 0.5) is 10.5 Å². The average Bonchev–Trinajstić information content (AvgIpc) is 2.35. The molecule has 1 aromatic rings. The van der Waals surface area contributed by atoms with Crippen LogP contribution in [-0.2, 0) is 16.1 Å². The molecule has 0 fully saturated rings. The number of carbonyl (C=O) groups is 2. The van der Waals surface area contributed by atoms with Gasteiger partial charge in [0, 0.05) is 12.2 Å². The molecular formula is C15H23N3O3. The second kappa shape index (κ2) is 6.97. The van der Waals surface area contributed by atoms with Gasteiger partial charge in [-0.05, 0) is 45.4 Å². The van der Waals surface area contributed by atoms with E-state index >= 15 is 0 Å². The number of amides is 2. The molecule has 0 spiro atoms. The predicted molar refractivity (Wildman–Crippen MR) is 81.5 cm³/mol. The molecule has 0 aromatic heterocycles. The number of hydrogen-bond acceptors (Lipinski definition) is 4. The number of carbonyl (C=O) groups excluding carboxylic acids is 2. The van der Waals surface area contributed by atoms with Crippen molar-refractivity contribution in [2.75, 3.05) is 5.73 Å². The zero-order valence-corrected chi connectivity index (χ0v) is 12.9. The second-order valence-corrected chi connectivity index (χ2v) is 5.83. The van der Waals surface area contributed by atoms with Gasteiger partial charge in [0.25, 0.3) is 0 Å². The molecule has 0 aliphatic heterocycles. The molecule has 0 aliphatic carbocycles. The third kappa shape index (κ3) is 6.65. The first kappa shape index (κ1) is 16.8. The lowest BCUT2D eigenvalue weighted by atomic mass is 10.2. The van der Waals surface area contributed by atoms with Crippen LogP contribution in [0.3, 0.4) is 0 Å².